The summed E-state index contributed by atoms with van der Waals surface area (Å²) in [5.41, 5.74) is -9.71. The van der Waals surface area contributed by atoms with Crippen molar-refractivity contribution in [3.63, 3.8) is 0 Å². The van der Waals surface area contributed by atoms with Gasteiger partial charge in [0.2, 0.25) is 0 Å². The Bertz CT molecular complexity index is 4420. The number of fused-ring (bicyclic) bond motifs is 6. The number of rotatable bonds is 8. The lowest BCUT2D eigenvalue weighted by Gasteiger charge is -2.27. The molecular weight excluding hydrogens is 709 g/mol. The Labute approximate surface area is 380 Å². The number of nitrogens with zero attached hydrogens (tertiary/aromatic N) is 4. The predicted octanol–water partition coefficient (Wildman–Crippen LogP) is 14.1. The molecule has 0 radical (unpaired) electrons. The second-order valence-corrected chi connectivity index (χ2v) is 12.3. The Morgan fingerprint density at radius 1 is 0.466 bits per heavy atom. The van der Waals surface area contributed by atoms with Gasteiger partial charge in [0, 0.05) is 39.5 Å². The van der Waals surface area contributed by atoms with E-state index < -0.39 is 250 Å². The fourth-order valence-corrected chi connectivity index (χ4v) is 6.72. The lowest BCUT2D eigenvalue weighted by atomic mass is 9.92. The first-order valence-electron chi connectivity index (χ1n) is 32.6. The molecule has 0 unspecified atom stereocenters. The Kier molecular flexibility index (Phi) is 3.55. The van der Waals surface area contributed by atoms with Crippen molar-refractivity contribution in [1.29, 1.82) is 0 Å². The van der Waals surface area contributed by atoms with Crippen LogP contribution in [0.2, 0.25) is 0 Å². The van der Waals surface area contributed by atoms with E-state index in [1.165, 1.54) is 18.2 Å². The maximum atomic E-state index is 10.4. The van der Waals surface area contributed by atoms with Crippen molar-refractivity contribution in [3.05, 3.63) is 229 Å². The molecular formula is C53H36N4O. The Morgan fingerprint density at radius 2 is 0.931 bits per heavy atom. The second kappa shape index (κ2) is 14.1. The van der Waals surface area contributed by atoms with Crippen LogP contribution < -0.4 is 9.80 Å². The standard InChI is InChI=1S/C53H36N4O/c1-6-16-36(17-7-1)37-26-31-49-48(32-37)51-53(58-49)52(55-35-54-51)50-44-29-27-42(56(38-18-8-2-9-19-38)39-20-10-3-11-21-39)33-46(44)47-34-43(28-30-45(47)50)57(40-22-12-4-13-23-40)41-24-14-5-15-25-41/h1-35,50H/i1D,2D,3D,4D,5D,6D,7D,8D,9D,10D,11D,12D,13D,14D,15D,16D,17D,18D,19D,20D,21D,22D,23D,24D,25D,27D,28D,29D,30D,33D,34D. The molecule has 8 aromatic carbocycles. The zero-order valence-electron chi connectivity index (χ0n) is 60.1. The van der Waals surface area contributed by atoms with Crippen LogP contribution in [0.15, 0.2) is 216 Å². The van der Waals surface area contributed by atoms with Gasteiger partial charge in [0.1, 0.15) is 17.4 Å². The highest BCUT2D eigenvalue weighted by Gasteiger charge is 2.35. The maximum absolute atomic E-state index is 10.4. The summed E-state index contributed by atoms with van der Waals surface area (Å²) in [5, 5.41) is 0.111. The summed E-state index contributed by atoms with van der Waals surface area (Å²) in [5.74, 6) is -1.90. The van der Waals surface area contributed by atoms with Gasteiger partial charge in [-0.15, -0.1) is 0 Å². The number of para-hydroxylation sites is 4. The van der Waals surface area contributed by atoms with Gasteiger partial charge in [0.15, 0.2) is 5.58 Å². The molecule has 11 rings (SSSR count). The fourth-order valence-electron chi connectivity index (χ4n) is 6.72. The average molecular weight is 776 g/mol. The minimum Gasteiger partial charge on any atom is -0.452 e. The summed E-state index contributed by atoms with van der Waals surface area (Å²) in [7, 11) is 0. The van der Waals surface area contributed by atoms with Gasteiger partial charge in [0.05, 0.1) is 54.1 Å². The summed E-state index contributed by atoms with van der Waals surface area (Å²) in [4.78, 5) is 9.80. The van der Waals surface area contributed by atoms with Crippen molar-refractivity contribution in [2.75, 3.05) is 9.80 Å². The molecule has 5 nitrogen and oxygen atoms in total. The minimum atomic E-state index is -1.90. The summed E-state index contributed by atoms with van der Waals surface area (Å²) in [6, 6.07) is -27.0. The number of furan rings is 1. The molecule has 10 aromatic rings. The van der Waals surface area contributed by atoms with Crippen LogP contribution >= 0.6 is 0 Å². The van der Waals surface area contributed by atoms with E-state index in [1.807, 2.05) is 0 Å². The molecule has 0 saturated carbocycles. The zero-order chi connectivity index (χ0) is 65.4. The van der Waals surface area contributed by atoms with E-state index in [4.69, 9.17) is 38.7 Å². The van der Waals surface area contributed by atoms with Crippen LogP contribution in [-0.2, 0) is 0 Å². The highest BCUT2D eigenvalue weighted by atomic mass is 16.3. The third-order valence-corrected chi connectivity index (χ3v) is 9.11. The molecule has 0 amide bonds. The van der Waals surface area contributed by atoms with Crippen molar-refractivity contribution >= 4 is 56.2 Å². The lowest BCUT2D eigenvalue weighted by molar-refractivity contribution is 0.655. The smallest absolute Gasteiger partial charge is 0.176 e. The van der Waals surface area contributed by atoms with Gasteiger partial charge in [-0.05, 0) is 118 Å². The minimum absolute atomic E-state index is 0.00434. The summed E-state index contributed by atoms with van der Waals surface area (Å²) in [6.07, 6.45) is 0.973. The normalized spacial score (nSPS) is 19.6. The van der Waals surface area contributed by atoms with E-state index in [0.29, 0.717) is 9.80 Å². The summed E-state index contributed by atoms with van der Waals surface area (Å²) in [6.45, 7) is 0. The molecule has 0 aliphatic heterocycles. The largest absolute Gasteiger partial charge is 0.452 e. The molecule has 0 atom stereocenters. The number of hydrogen-bond donors (Lipinski definition) is 0. The Balaban J connectivity index is 1.34. The summed E-state index contributed by atoms with van der Waals surface area (Å²) < 4.78 is 286. The van der Waals surface area contributed by atoms with Crippen LogP contribution in [-0.4, -0.2) is 9.97 Å². The fraction of sp³-hybridized carbons (Fsp3) is 0.0189. The SMILES string of the molecule is [2H]c1c([2H])c([2H])c(-c2ccc3oc4c(C5c6c([2H])c([2H])c(N(c7c([2H])c([2H])c([2H])c([2H])c7[2H])c7c([2H])c([2H])c([2H])c([2H])c7[2H])c([2H])c6-c6c([2H])c(N(c7c([2H])c([2H])c([2H])c([2H])c7[2H])c7c([2H])c([2H])c([2H])c([2H])c7[2H])c([2H])c([2H])c65)ncnc4c3c2)c([2H])c1[2H]. The first-order chi connectivity index (χ1) is 41.7. The Hall–Kier alpha value is -7.76. The lowest BCUT2D eigenvalue weighted by Crippen LogP contribution is -2.10. The number of aromatic nitrogens is 2. The first kappa shape index (κ1) is 14.6. The third-order valence-electron chi connectivity index (χ3n) is 9.11. The first-order valence-corrected chi connectivity index (χ1v) is 17.1. The van der Waals surface area contributed by atoms with E-state index in [9.17, 15) is 8.22 Å². The van der Waals surface area contributed by atoms with Crippen molar-refractivity contribution in [2.45, 2.75) is 5.92 Å². The molecule has 2 aromatic heterocycles. The Morgan fingerprint density at radius 3 is 1.41 bits per heavy atom. The monoisotopic (exact) mass is 775 g/mol. The van der Waals surface area contributed by atoms with Crippen LogP contribution in [0.4, 0.5) is 34.1 Å². The van der Waals surface area contributed by atoms with Crippen LogP contribution in [0.1, 0.15) is 65.2 Å². The highest BCUT2D eigenvalue weighted by molar-refractivity contribution is 6.05. The van der Waals surface area contributed by atoms with E-state index in [0.717, 1.165) is 6.33 Å². The predicted molar refractivity (Wildman–Crippen MR) is 237 cm³/mol. The van der Waals surface area contributed by atoms with Gasteiger partial charge in [-0.1, -0.05) is 121 Å². The van der Waals surface area contributed by atoms with Gasteiger partial charge in [0.25, 0.3) is 0 Å². The van der Waals surface area contributed by atoms with Crippen molar-refractivity contribution in [2.24, 2.45) is 0 Å². The molecule has 0 fully saturated rings. The second-order valence-electron chi connectivity index (χ2n) is 12.3. The van der Waals surface area contributed by atoms with Crippen molar-refractivity contribution in [3.8, 4) is 22.3 Å². The van der Waals surface area contributed by atoms with Gasteiger partial charge >= 0.3 is 0 Å². The number of hydrogen-bond acceptors (Lipinski definition) is 5. The molecule has 0 N–H and O–H groups in total. The van der Waals surface area contributed by atoms with Crippen LogP contribution in [0.25, 0.3) is 44.3 Å². The molecule has 0 saturated heterocycles. The number of benzene rings is 8. The van der Waals surface area contributed by atoms with Gasteiger partial charge in [-0.2, -0.15) is 0 Å². The average Bonchev–Trinajstić information content (AvgIpc) is 1.60. The molecule has 274 valence electrons. The van der Waals surface area contributed by atoms with Crippen LogP contribution in [0, 0.1) is 0 Å². The zero-order valence-corrected chi connectivity index (χ0v) is 29.1. The number of anilines is 6. The molecule has 1 aliphatic carbocycles. The molecule has 0 spiro atoms. The van der Waals surface area contributed by atoms with Crippen LogP contribution in [0.5, 0.6) is 0 Å². The van der Waals surface area contributed by atoms with E-state index in [2.05, 4.69) is 9.97 Å². The van der Waals surface area contributed by atoms with E-state index in [-0.39, 0.29) is 38.9 Å². The van der Waals surface area contributed by atoms with Gasteiger partial charge in [-0.3, -0.25) is 0 Å². The third kappa shape index (κ3) is 5.72. The van der Waals surface area contributed by atoms with E-state index in [1.54, 1.807) is 0 Å². The molecule has 2 heterocycles. The quantitative estimate of drug-likeness (QED) is 0.154. The highest BCUT2D eigenvalue weighted by Crippen LogP contribution is 2.53. The maximum Gasteiger partial charge on any atom is 0.176 e. The van der Waals surface area contributed by atoms with Gasteiger partial charge in [-0.25, -0.2) is 9.97 Å². The van der Waals surface area contributed by atoms with Crippen LogP contribution in [0.3, 0.4) is 0 Å². The summed E-state index contributed by atoms with van der Waals surface area (Å²) >= 11 is 0. The molecule has 5 heteroatoms. The molecule has 1 aliphatic rings. The molecule has 0 bridgehead atoms. The van der Waals surface area contributed by atoms with Crippen molar-refractivity contribution in [1.82, 2.24) is 9.97 Å². The van der Waals surface area contributed by atoms with Gasteiger partial charge < -0.3 is 14.2 Å². The molecule has 58 heavy (non-hydrogen) atoms. The van der Waals surface area contributed by atoms with E-state index >= 15 is 0 Å². The van der Waals surface area contributed by atoms with Crippen molar-refractivity contribution < 1.29 is 46.9 Å². The topological polar surface area (TPSA) is 45.4 Å².